The molecule has 1 aromatic heterocycles. The van der Waals surface area contributed by atoms with Crippen LogP contribution in [-0.2, 0) is 11.3 Å². The summed E-state index contributed by atoms with van der Waals surface area (Å²) < 4.78 is 7.54. The zero-order valence-electron chi connectivity index (χ0n) is 15.6. The molecule has 5 nitrogen and oxygen atoms in total. The SMILES string of the molecule is Cc1cc(Cl)cc(C)c1OCC(=O)N(C)Cc1cnn(-c2ccccc2)c1. The van der Waals surface area contributed by atoms with Gasteiger partial charge in [-0.05, 0) is 49.2 Å². The lowest BCUT2D eigenvalue weighted by Crippen LogP contribution is -2.31. The first kappa shape index (κ1) is 19.0. The third-order valence-electron chi connectivity index (χ3n) is 4.27. The Morgan fingerprint density at radius 1 is 1.19 bits per heavy atom. The first-order chi connectivity index (χ1) is 12.9. The Hall–Kier alpha value is -2.79. The van der Waals surface area contributed by atoms with Gasteiger partial charge in [0.25, 0.3) is 5.91 Å². The first-order valence-corrected chi connectivity index (χ1v) is 9.04. The van der Waals surface area contributed by atoms with E-state index in [0.29, 0.717) is 17.3 Å². The summed E-state index contributed by atoms with van der Waals surface area (Å²) in [6.07, 6.45) is 3.69. The van der Waals surface area contributed by atoms with E-state index in [1.165, 1.54) is 0 Å². The van der Waals surface area contributed by atoms with Crippen LogP contribution in [0, 0.1) is 13.8 Å². The Kier molecular flexibility index (Phi) is 5.81. The summed E-state index contributed by atoms with van der Waals surface area (Å²) in [7, 11) is 1.76. The molecule has 0 aliphatic rings. The van der Waals surface area contributed by atoms with Gasteiger partial charge in [0.15, 0.2) is 6.61 Å². The van der Waals surface area contributed by atoms with Crippen molar-refractivity contribution in [2.75, 3.05) is 13.7 Å². The van der Waals surface area contributed by atoms with Gasteiger partial charge in [-0.3, -0.25) is 4.79 Å². The van der Waals surface area contributed by atoms with Crippen LogP contribution in [0.4, 0.5) is 0 Å². The Bertz CT molecular complexity index is 915. The third-order valence-corrected chi connectivity index (χ3v) is 4.49. The van der Waals surface area contributed by atoms with Crippen molar-refractivity contribution < 1.29 is 9.53 Å². The molecule has 0 saturated heterocycles. The van der Waals surface area contributed by atoms with E-state index in [2.05, 4.69) is 5.10 Å². The van der Waals surface area contributed by atoms with Gasteiger partial charge in [0.1, 0.15) is 5.75 Å². The molecular weight excluding hydrogens is 362 g/mol. The number of aromatic nitrogens is 2. The van der Waals surface area contributed by atoms with Crippen molar-refractivity contribution in [1.29, 1.82) is 0 Å². The fraction of sp³-hybridized carbons (Fsp3) is 0.238. The summed E-state index contributed by atoms with van der Waals surface area (Å²) in [5.74, 6) is 0.606. The maximum atomic E-state index is 12.4. The van der Waals surface area contributed by atoms with E-state index in [1.54, 1.807) is 22.8 Å². The number of para-hydroxylation sites is 1. The number of benzene rings is 2. The van der Waals surface area contributed by atoms with E-state index in [-0.39, 0.29) is 12.5 Å². The summed E-state index contributed by atoms with van der Waals surface area (Å²) in [6, 6.07) is 13.5. The highest BCUT2D eigenvalue weighted by Gasteiger charge is 2.14. The van der Waals surface area contributed by atoms with Crippen LogP contribution in [0.2, 0.25) is 5.02 Å². The second-order valence-electron chi connectivity index (χ2n) is 6.54. The summed E-state index contributed by atoms with van der Waals surface area (Å²) in [4.78, 5) is 14.1. The zero-order valence-corrected chi connectivity index (χ0v) is 16.4. The van der Waals surface area contributed by atoms with Crippen LogP contribution >= 0.6 is 11.6 Å². The number of nitrogens with zero attached hydrogens (tertiary/aromatic N) is 3. The molecule has 140 valence electrons. The second kappa shape index (κ2) is 8.27. The second-order valence-corrected chi connectivity index (χ2v) is 6.97. The summed E-state index contributed by atoms with van der Waals surface area (Å²) in [6.45, 7) is 4.28. The van der Waals surface area contributed by atoms with Gasteiger partial charge in [0.05, 0.1) is 11.9 Å². The van der Waals surface area contributed by atoms with Gasteiger partial charge >= 0.3 is 0 Å². The highest BCUT2D eigenvalue weighted by Crippen LogP contribution is 2.27. The van der Waals surface area contributed by atoms with Gasteiger partial charge in [-0.2, -0.15) is 5.10 Å². The van der Waals surface area contributed by atoms with E-state index in [0.717, 1.165) is 22.4 Å². The highest BCUT2D eigenvalue weighted by atomic mass is 35.5. The zero-order chi connectivity index (χ0) is 19.4. The monoisotopic (exact) mass is 383 g/mol. The normalized spacial score (nSPS) is 10.7. The van der Waals surface area contributed by atoms with Crippen LogP contribution in [-0.4, -0.2) is 34.2 Å². The minimum atomic E-state index is -0.101. The lowest BCUT2D eigenvalue weighted by molar-refractivity contribution is -0.132. The average Bonchev–Trinajstić information content (AvgIpc) is 3.09. The van der Waals surface area contributed by atoms with Crippen LogP contribution in [0.1, 0.15) is 16.7 Å². The van der Waals surface area contributed by atoms with Gasteiger partial charge in [-0.1, -0.05) is 29.8 Å². The standard InChI is InChI=1S/C21H22ClN3O2/c1-15-9-18(22)10-16(2)21(15)27-14-20(26)24(3)12-17-11-23-25(13-17)19-7-5-4-6-8-19/h4-11,13H,12,14H2,1-3H3. The van der Waals surface area contributed by atoms with E-state index in [4.69, 9.17) is 16.3 Å². The van der Waals surface area contributed by atoms with Gasteiger partial charge in [0.2, 0.25) is 0 Å². The van der Waals surface area contributed by atoms with Crippen LogP contribution in [0.25, 0.3) is 5.69 Å². The van der Waals surface area contributed by atoms with Crippen LogP contribution in [0.15, 0.2) is 54.9 Å². The number of hydrogen-bond acceptors (Lipinski definition) is 3. The molecule has 0 aliphatic carbocycles. The number of amides is 1. The average molecular weight is 384 g/mol. The molecule has 0 radical (unpaired) electrons. The Labute approximate surface area is 164 Å². The number of ether oxygens (including phenoxy) is 1. The van der Waals surface area contributed by atoms with Gasteiger partial charge in [-0.15, -0.1) is 0 Å². The van der Waals surface area contributed by atoms with E-state index in [9.17, 15) is 4.79 Å². The van der Waals surface area contributed by atoms with E-state index < -0.39 is 0 Å². The first-order valence-electron chi connectivity index (χ1n) is 8.66. The molecule has 0 spiro atoms. The largest absolute Gasteiger partial charge is 0.483 e. The number of aryl methyl sites for hydroxylation is 2. The Balaban J connectivity index is 1.59. The molecular formula is C21H22ClN3O2. The van der Waals surface area contributed by atoms with Crippen molar-refractivity contribution in [2.24, 2.45) is 0 Å². The molecule has 0 aliphatic heterocycles. The van der Waals surface area contributed by atoms with Crippen molar-refractivity contribution in [3.63, 3.8) is 0 Å². The molecule has 3 rings (SSSR count). The van der Waals surface area contributed by atoms with Crippen molar-refractivity contribution in [3.05, 3.63) is 76.6 Å². The summed E-state index contributed by atoms with van der Waals surface area (Å²) >= 11 is 6.03. The summed E-state index contributed by atoms with van der Waals surface area (Å²) in [5, 5.41) is 5.02. The molecule has 6 heteroatoms. The molecule has 0 N–H and O–H groups in total. The number of halogens is 1. The molecule has 0 saturated carbocycles. The smallest absolute Gasteiger partial charge is 0.260 e. The molecule has 1 heterocycles. The molecule has 0 bridgehead atoms. The maximum absolute atomic E-state index is 12.4. The van der Waals surface area contributed by atoms with Gasteiger partial charge in [0, 0.05) is 30.4 Å². The van der Waals surface area contributed by atoms with Crippen LogP contribution in [0.3, 0.4) is 0 Å². The molecule has 0 fully saturated rings. The van der Waals surface area contributed by atoms with Crippen LogP contribution in [0.5, 0.6) is 5.75 Å². The number of carbonyl (C=O) groups excluding carboxylic acids is 1. The Morgan fingerprint density at radius 2 is 1.85 bits per heavy atom. The van der Waals surface area contributed by atoms with E-state index in [1.807, 2.05) is 62.5 Å². The molecule has 0 atom stereocenters. The molecule has 27 heavy (non-hydrogen) atoms. The predicted octanol–water partition coefficient (Wildman–Crippen LogP) is 4.18. The fourth-order valence-corrected chi connectivity index (χ4v) is 3.22. The lowest BCUT2D eigenvalue weighted by atomic mass is 10.1. The minimum Gasteiger partial charge on any atom is -0.483 e. The molecule has 0 unspecified atom stereocenters. The molecule has 2 aromatic carbocycles. The maximum Gasteiger partial charge on any atom is 0.260 e. The van der Waals surface area contributed by atoms with Crippen molar-refractivity contribution in [3.8, 4) is 11.4 Å². The van der Waals surface area contributed by atoms with Crippen molar-refractivity contribution in [2.45, 2.75) is 20.4 Å². The number of carbonyl (C=O) groups is 1. The number of rotatable bonds is 6. The third kappa shape index (κ3) is 4.68. The number of likely N-dealkylation sites (N-methyl/N-ethyl adjacent to an activating group) is 1. The summed E-state index contributed by atoms with van der Waals surface area (Å²) in [5.41, 5.74) is 3.77. The topological polar surface area (TPSA) is 47.4 Å². The van der Waals surface area contributed by atoms with Gasteiger partial charge < -0.3 is 9.64 Å². The van der Waals surface area contributed by atoms with Crippen LogP contribution < -0.4 is 4.74 Å². The minimum absolute atomic E-state index is 0.0212. The van der Waals surface area contributed by atoms with Crippen molar-refractivity contribution in [1.82, 2.24) is 14.7 Å². The number of hydrogen-bond donors (Lipinski definition) is 0. The van der Waals surface area contributed by atoms with Gasteiger partial charge in [-0.25, -0.2) is 4.68 Å². The highest BCUT2D eigenvalue weighted by molar-refractivity contribution is 6.30. The Morgan fingerprint density at radius 3 is 2.52 bits per heavy atom. The predicted molar refractivity (Wildman–Crippen MR) is 106 cm³/mol. The van der Waals surface area contributed by atoms with Crippen molar-refractivity contribution >= 4 is 17.5 Å². The molecule has 1 amide bonds. The lowest BCUT2D eigenvalue weighted by Gasteiger charge is -2.18. The van der Waals surface area contributed by atoms with E-state index >= 15 is 0 Å². The fourth-order valence-electron chi connectivity index (χ4n) is 2.89. The quantitative estimate of drug-likeness (QED) is 0.641. The molecule has 3 aromatic rings.